The number of halogens is 2. The molecule has 0 heterocycles. The second kappa shape index (κ2) is 23.5. The Hall–Kier alpha value is -1.40. The second-order valence-electron chi connectivity index (χ2n) is 10.1. The molecular weight excluding hydrogens is 998 g/mol. The van der Waals surface area contributed by atoms with Crippen molar-refractivity contribution in [2.45, 2.75) is 0 Å². The van der Waals surface area contributed by atoms with E-state index < -0.39 is 66.5 Å². The van der Waals surface area contributed by atoms with Gasteiger partial charge in [-0.3, -0.25) is 0 Å². The van der Waals surface area contributed by atoms with Gasteiger partial charge in [-0.25, -0.2) is 0 Å². The standard InChI is InChI=1S/6C6H5OP.2ClH.2Pd/c6*7-8-6-4-2-1-3-5-6;;;;/h6*1-5H;2*1H;;/q;;;;;;;;2*-2/p+4. The van der Waals surface area contributed by atoms with Gasteiger partial charge in [-0.2, -0.15) is 0 Å². The molecule has 0 radical (unpaired) electrons. The molecule has 0 aliphatic carbocycles. The van der Waals surface area contributed by atoms with Crippen LogP contribution in [0.3, 0.4) is 0 Å². The van der Waals surface area contributed by atoms with Crippen molar-refractivity contribution in [3.63, 3.8) is 0 Å². The Morgan fingerprint density at radius 2 is 0.346 bits per heavy atom. The van der Waals surface area contributed by atoms with E-state index in [2.05, 4.69) is 0 Å². The van der Waals surface area contributed by atoms with Crippen LogP contribution < -0.4 is 56.6 Å². The normalized spacial score (nSPS) is 14.5. The first-order valence-corrected chi connectivity index (χ1v) is 36.5. The molecule has 6 unspecified atom stereocenters. The van der Waals surface area contributed by atoms with Crippen molar-refractivity contribution in [2.75, 3.05) is 0 Å². The Balaban J connectivity index is 0.000000270. The van der Waals surface area contributed by atoms with Crippen molar-refractivity contribution >= 4 is 67.8 Å². The van der Waals surface area contributed by atoms with Crippen LogP contribution in [-0.4, -0.2) is 0 Å². The van der Waals surface area contributed by atoms with Gasteiger partial charge in [0.1, 0.15) is 0 Å². The molecule has 0 N–H and O–H groups in total. The Morgan fingerprint density at radius 3 is 0.462 bits per heavy atom. The summed E-state index contributed by atoms with van der Waals surface area (Å²) in [7, 11) is 0. The molecule has 6 nitrogen and oxygen atoms in total. The quantitative estimate of drug-likeness (QED) is 0.138. The zero-order chi connectivity index (χ0) is 35.3. The van der Waals surface area contributed by atoms with Gasteiger partial charge in [0.05, 0.1) is 0 Å². The average Bonchev–Trinajstić information content (AvgIpc) is 3.20. The van der Waals surface area contributed by atoms with E-state index in [1.165, 1.54) is 0 Å². The van der Waals surface area contributed by atoms with Gasteiger partial charge in [-0.05, 0) is 0 Å². The van der Waals surface area contributed by atoms with Crippen LogP contribution >= 0.6 is 35.9 Å². The van der Waals surface area contributed by atoms with E-state index in [9.17, 15) is 27.4 Å². The monoisotopic (exact) mass is 1030 g/mol. The van der Waals surface area contributed by atoms with E-state index in [1.807, 2.05) is 109 Å². The summed E-state index contributed by atoms with van der Waals surface area (Å²) < 4.78 is 79.6. The van der Waals surface area contributed by atoms with Gasteiger partial charge >= 0.3 is 308 Å². The largest absolute Gasteiger partial charge is 1.00 e. The summed E-state index contributed by atoms with van der Waals surface area (Å²) in [5, 5.41) is 4.07. The maximum atomic E-state index is 13.3. The van der Waals surface area contributed by atoms with Gasteiger partial charge in [0.25, 0.3) is 0 Å². The molecule has 6 aromatic rings. The van der Waals surface area contributed by atoms with Crippen molar-refractivity contribution in [3.8, 4) is 0 Å². The minimum atomic E-state index is -2.37. The minimum Gasteiger partial charge on any atom is -1.00 e. The SMILES string of the molecule is O=[PH](c1ccccc1)[Pd+]([PH](=O)c1ccccc1)[PH](=O)c1ccccc1.O=[PH](c1ccccc1)[Pd+]([PH](=O)c1ccccc1)[PH](=O)c1ccccc1.[Cl-].[Cl-]. The number of rotatable bonds is 12. The number of benzene rings is 6. The Labute approximate surface area is 329 Å². The molecule has 6 rings (SSSR count). The third-order valence-electron chi connectivity index (χ3n) is 6.76. The van der Waals surface area contributed by atoms with Gasteiger partial charge in [0, 0.05) is 0 Å². The van der Waals surface area contributed by atoms with Crippen molar-refractivity contribution in [1.82, 2.24) is 0 Å². The first-order chi connectivity index (χ1) is 24.4. The van der Waals surface area contributed by atoms with E-state index >= 15 is 0 Å². The van der Waals surface area contributed by atoms with E-state index in [4.69, 9.17) is 0 Å². The molecule has 0 aliphatic rings. The van der Waals surface area contributed by atoms with Crippen molar-refractivity contribution < 1.29 is 82.7 Å². The van der Waals surface area contributed by atoms with E-state index in [0.29, 0.717) is 31.8 Å². The number of hydrogen-bond donors (Lipinski definition) is 0. The Morgan fingerprint density at radius 1 is 0.231 bits per heavy atom. The molecule has 0 spiro atoms. The van der Waals surface area contributed by atoms with Crippen LogP contribution in [0.15, 0.2) is 182 Å². The molecule has 0 aromatic heterocycles. The van der Waals surface area contributed by atoms with E-state index in [-0.39, 0.29) is 24.8 Å². The molecule has 280 valence electrons. The third kappa shape index (κ3) is 12.3. The van der Waals surface area contributed by atoms with Crippen LogP contribution in [0.1, 0.15) is 0 Å². The molecule has 0 bridgehead atoms. The molecule has 52 heavy (non-hydrogen) atoms. The van der Waals surface area contributed by atoms with E-state index in [1.54, 1.807) is 72.8 Å². The molecule has 0 fully saturated rings. The first-order valence-electron chi connectivity index (χ1n) is 15.1. The van der Waals surface area contributed by atoms with Crippen LogP contribution in [0.25, 0.3) is 0 Å². The molecule has 0 amide bonds. The van der Waals surface area contributed by atoms with Crippen LogP contribution in [0.5, 0.6) is 0 Å². The predicted octanol–water partition coefficient (Wildman–Crippen LogP) is 2.02. The zero-order valence-corrected chi connectivity index (χ0v) is 37.8. The second-order valence-corrected chi connectivity index (χ2v) is 54.0. The van der Waals surface area contributed by atoms with Gasteiger partial charge in [0.15, 0.2) is 0 Å². The summed E-state index contributed by atoms with van der Waals surface area (Å²) in [4.78, 5) is 0. The molecule has 16 heteroatoms. The van der Waals surface area contributed by atoms with E-state index in [0.717, 1.165) is 0 Å². The summed E-state index contributed by atoms with van der Waals surface area (Å²) in [6.45, 7) is 0. The smallest absolute Gasteiger partial charge is 1.00 e. The topological polar surface area (TPSA) is 102 Å². The predicted molar refractivity (Wildman–Crippen MR) is 210 cm³/mol. The van der Waals surface area contributed by atoms with Crippen molar-refractivity contribution in [2.24, 2.45) is 0 Å². The van der Waals surface area contributed by atoms with Gasteiger partial charge < -0.3 is 24.8 Å². The molecule has 6 aromatic carbocycles. The molecule has 0 aliphatic heterocycles. The zero-order valence-electron chi connectivity index (χ0n) is 27.2. The summed E-state index contributed by atoms with van der Waals surface area (Å²) >= 11 is -4.56. The van der Waals surface area contributed by atoms with Crippen LogP contribution in [0.2, 0.25) is 0 Å². The van der Waals surface area contributed by atoms with Crippen LogP contribution in [0, 0.1) is 0 Å². The Bertz CT molecular complexity index is 1730. The summed E-state index contributed by atoms with van der Waals surface area (Å²) in [6.07, 6.45) is 0. The summed E-state index contributed by atoms with van der Waals surface area (Å²) in [6, 6.07) is 54.4. The fourth-order valence-corrected chi connectivity index (χ4v) is 60.6. The first kappa shape index (κ1) is 45.0. The van der Waals surface area contributed by atoms with Gasteiger partial charge in [-0.15, -0.1) is 0 Å². The fraction of sp³-hybridized carbons (Fsp3) is 0. The van der Waals surface area contributed by atoms with Crippen LogP contribution in [-0.2, 0) is 57.9 Å². The average molecular weight is 1030 g/mol. The molecule has 0 saturated heterocycles. The molecule has 6 atom stereocenters. The van der Waals surface area contributed by atoms with Gasteiger partial charge in [-0.1, -0.05) is 0 Å². The van der Waals surface area contributed by atoms with Gasteiger partial charge in [0.2, 0.25) is 0 Å². The maximum absolute atomic E-state index is 13.3. The molecule has 0 saturated carbocycles. The van der Waals surface area contributed by atoms with Crippen molar-refractivity contribution in [1.29, 1.82) is 0 Å². The Kier molecular flexibility index (Phi) is 20.3. The summed E-state index contributed by atoms with van der Waals surface area (Å²) in [5.41, 5.74) is 0. The number of hydrogen-bond acceptors (Lipinski definition) is 6. The third-order valence-corrected chi connectivity index (χ3v) is 64.4. The summed E-state index contributed by atoms with van der Waals surface area (Å²) in [5.74, 6) is -14.2. The van der Waals surface area contributed by atoms with Crippen LogP contribution in [0.4, 0.5) is 0 Å². The van der Waals surface area contributed by atoms with Crippen molar-refractivity contribution in [3.05, 3.63) is 182 Å². The maximum Gasteiger partial charge on any atom is -1.00 e. The minimum absolute atomic E-state index is 0. The fourth-order valence-electron chi connectivity index (χ4n) is 4.29. The molecular formula is C36H36Cl2O6P6Pd2.